The Morgan fingerprint density at radius 2 is 1.28 bits per heavy atom. The number of carboxylic acid groups (broad SMARTS) is 1. The maximum Gasteiger partial charge on any atom is 0.490 e. The molecule has 10 atom stereocenters. The number of aliphatic carboxylic acids is 1. The van der Waals surface area contributed by atoms with E-state index in [-0.39, 0.29) is 43.7 Å². The van der Waals surface area contributed by atoms with Crippen molar-refractivity contribution in [2.45, 2.75) is 119 Å². The zero-order valence-electron chi connectivity index (χ0n) is 42.7. The predicted octanol–water partition coefficient (Wildman–Crippen LogP) is -0.172. The van der Waals surface area contributed by atoms with Crippen LogP contribution in [-0.4, -0.2) is 164 Å². The van der Waals surface area contributed by atoms with E-state index in [9.17, 15) is 62.1 Å². The van der Waals surface area contributed by atoms with Gasteiger partial charge in [-0.1, -0.05) is 100 Å². The van der Waals surface area contributed by atoms with E-state index in [1.54, 1.807) is 60.8 Å². The van der Waals surface area contributed by atoms with Crippen molar-refractivity contribution in [1.29, 1.82) is 0 Å². The highest BCUT2D eigenvalue weighted by Gasteiger charge is 2.39. The third kappa shape index (κ3) is 20.6. The van der Waals surface area contributed by atoms with Gasteiger partial charge in [-0.05, 0) is 68.8 Å². The highest BCUT2D eigenvalue weighted by atomic mass is 33.1. The molecule has 5 rings (SSSR count). The molecule has 0 saturated carbocycles. The number of fused-ring (bicyclic) bond motifs is 1. The molecule has 1 aromatic heterocycles. The average molecular weight is 1140 g/mol. The normalized spacial score (nSPS) is 21.8. The molecule has 1 fully saturated rings. The van der Waals surface area contributed by atoms with Gasteiger partial charge in [-0.3, -0.25) is 33.6 Å². The number of H-pyrrole nitrogens is 1. The number of alkyl halides is 3. The minimum absolute atomic E-state index is 0.0340. The number of aromatic nitrogens is 1. The van der Waals surface area contributed by atoms with E-state index in [0.29, 0.717) is 24.0 Å². The molecule has 27 heteroatoms. The van der Waals surface area contributed by atoms with Crippen LogP contribution in [0.25, 0.3) is 10.9 Å². The minimum Gasteiger partial charge on any atom is -0.475 e. The van der Waals surface area contributed by atoms with E-state index in [1.165, 1.54) is 13.8 Å². The fourth-order valence-electron chi connectivity index (χ4n) is 7.73. The van der Waals surface area contributed by atoms with Crippen LogP contribution in [-0.2, 0) is 57.6 Å². The van der Waals surface area contributed by atoms with Crippen molar-refractivity contribution in [2.75, 3.05) is 24.7 Å². The maximum absolute atomic E-state index is 14.7. The lowest BCUT2D eigenvalue weighted by molar-refractivity contribution is -0.192. The molecule has 1 aliphatic heterocycles. The Hall–Kier alpha value is -6.75. The number of unbranched alkanes of at least 4 members (excludes halogenated alkanes) is 1. The number of carbonyl (C=O) groups excluding carboxylic acids is 7. The highest BCUT2D eigenvalue weighted by molar-refractivity contribution is 8.76. The van der Waals surface area contributed by atoms with E-state index in [0.717, 1.165) is 38.1 Å². The van der Waals surface area contributed by atoms with Crippen molar-refractivity contribution < 1.29 is 72.0 Å². The number of aliphatic hydroxyl groups excluding tert-OH is 3. The SMILES string of the molecule is CC(O)C(CO)NC(=O)C1CSSCC(NC(=O)C(N)Cc2ccccc2)C(=O)NC(Cc2ccccc2)C(=O)NC(Cc2c[nH]c3ccccc23)C(=O)N[13CH]([13CH2][13CH2][13CH2][13CH2]N)[13C](=O)NC(C(C)O)C(=O)N1.O=C(O)C(F)(F)F. The fourth-order valence-corrected chi connectivity index (χ4v) is 10.1. The van der Waals surface area contributed by atoms with Crippen LogP contribution < -0.4 is 48.7 Å². The van der Waals surface area contributed by atoms with E-state index in [4.69, 9.17) is 21.4 Å². The van der Waals surface area contributed by atoms with Gasteiger partial charge in [-0.25, -0.2) is 4.79 Å². The van der Waals surface area contributed by atoms with Crippen LogP contribution in [0.3, 0.4) is 0 Å². The Morgan fingerprint density at radius 3 is 1.87 bits per heavy atom. The number of carboxylic acids is 1. The number of hydrogen-bond donors (Lipinski definition) is 14. The van der Waals surface area contributed by atoms with Crippen LogP contribution in [0.5, 0.6) is 0 Å². The molecule has 0 spiro atoms. The first-order valence-corrected chi connectivity index (χ1v) is 27.2. The summed E-state index contributed by atoms with van der Waals surface area (Å²) in [7, 11) is 2.06. The third-order valence-corrected chi connectivity index (χ3v) is 14.5. The van der Waals surface area contributed by atoms with Crippen molar-refractivity contribution in [3.05, 3.63) is 108 Å². The molecule has 426 valence electrons. The van der Waals surface area contributed by atoms with Gasteiger partial charge in [0.2, 0.25) is 41.4 Å². The van der Waals surface area contributed by atoms with Gasteiger partial charge in [-0.15, -0.1) is 0 Å². The van der Waals surface area contributed by atoms with Crippen LogP contribution in [0.2, 0.25) is 0 Å². The number of aromatic amines is 1. The summed E-state index contributed by atoms with van der Waals surface area (Å²) in [5.74, 6) is -8.77. The molecule has 78 heavy (non-hydrogen) atoms. The molecule has 0 radical (unpaired) electrons. The summed E-state index contributed by atoms with van der Waals surface area (Å²) in [6, 6.07) is 14.6. The van der Waals surface area contributed by atoms with Gasteiger partial charge in [0.1, 0.15) is 36.3 Å². The Bertz CT molecular complexity index is 2620. The molecule has 0 bridgehead atoms. The lowest BCUT2D eigenvalue weighted by Crippen LogP contribution is -2.62. The number of carbonyl (C=O) groups is 8. The topological polar surface area (TPSA) is 370 Å². The molecule has 0 aliphatic carbocycles. The van der Waals surface area contributed by atoms with E-state index < -0.39 is 121 Å². The first-order chi connectivity index (χ1) is 37.0. The molecule has 1 saturated heterocycles. The predicted molar refractivity (Wildman–Crippen MR) is 286 cm³/mol. The third-order valence-electron chi connectivity index (χ3n) is 12.1. The van der Waals surface area contributed by atoms with E-state index in [1.807, 2.05) is 30.3 Å². The summed E-state index contributed by atoms with van der Waals surface area (Å²) in [5, 5.41) is 57.6. The monoisotopic (exact) mass is 1140 g/mol. The standard InChI is InChI=1S/C49H66N10O10S2.C2HF3O2/c1-28(61)39(25-60)56-48(68)41-27-71-70-26-40(57-43(63)34(51)21-30-13-5-3-6-14-30)47(67)54-37(22-31-15-7-4-8-16-31)45(65)55-38(23-32-24-52-35-18-10-9-17-33(32)35)46(66)53-36(19-11-12-20-50)44(64)59-42(29(2)62)49(69)58-41;3-2(4,5)1(6)7/h3-10,13-18,24,28-29,34,36-42,52,60-62H,11-12,19-23,25-27,50-51H2,1-2H3,(H,53,66)(H,54,67)(H,55,65)(H,56,68)(H,57,63)(H,58,69)(H,59,64);(H,6,7)/i11+1,12+1,19+1,20+1,36+1,44+1;. The summed E-state index contributed by atoms with van der Waals surface area (Å²) < 4.78 is 31.7. The lowest BCUT2D eigenvalue weighted by Gasteiger charge is -2.29. The Morgan fingerprint density at radius 1 is 0.731 bits per heavy atom. The van der Waals surface area contributed by atoms with E-state index in [2.05, 4.69) is 42.2 Å². The van der Waals surface area contributed by atoms with Gasteiger partial charge in [-0.2, -0.15) is 13.2 Å². The van der Waals surface area contributed by atoms with Crippen molar-refractivity contribution in [3.8, 4) is 0 Å². The summed E-state index contributed by atoms with van der Waals surface area (Å²) in [6.45, 7) is 2.23. The van der Waals surface area contributed by atoms with Crippen molar-refractivity contribution in [3.63, 3.8) is 0 Å². The van der Waals surface area contributed by atoms with Gasteiger partial charge >= 0.3 is 12.1 Å². The first-order valence-electron chi connectivity index (χ1n) is 24.7. The molecule has 10 unspecified atom stereocenters. The van der Waals surface area contributed by atoms with Crippen LogP contribution >= 0.6 is 21.6 Å². The second-order valence-electron chi connectivity index (χ2n) is 18.3. The van der Waals surface area contributed by atoms with Crippen LogP contribution in [0.1, 0.15) is 49.8 Å². The number of nitrogens with one attached hydrogen (secondary N) is 8. The van der Waals surface area contributed by atoms with Crippen molar-refractivity contribution >= 4 is 79.8 Å². The van der Waals surface area contributed by atoms with Crippen LogP contribution in [0.4, 0.5) is 13.2 Å². The molecular weight excluding hydrogens is 1070 g/mol. The van der Waals surface area contributed by atoms with Gasteiger partial charge < -0.3 is 74.1 Å². The number of para-hydroxylation sites is 1. The fraction of sp³-hybridized carbons (Fsp3) is 0.451. The number of hydrogen-bond acceptors (Lipinski definition) is 15. The molecule has 1 aliphatic rings. The molecule has 4 aromatic rings. The van der Waals surface area contributed by atoms with Crippen LogP contribution in [0.15, 0.2) is 91.1 Å². The lowest BCUT2D eigenvalue weighted by atomic mass is 10.0. The number of benzene rings is 3. The smallest absolute Gasteiger partial charge is 0.475 e. The van der Waals surface area contributed by atoms with Gasteiger partial charge in [0.15, 0.2) is 0 Å². The molecule has 2 heterocycles. The summed E-state index contributed by atoms with van der Waals surface area (Å²) in [6.07, 6.45) is -5.24. The van der Waals surface area contributed by atoms with Gasteiger partial charge in [0.05, 0.1) is 30.9 Å². The highest BCUT2D eigenvalue weighted by Crippen LogP contribution is 2.24. The summed E-state index contributed by atoms with van der Waals surface area (Å²) in [4.78, 5) is 112. The van der Waals surface area contributed by atoms with Crippen molar-refractivity contribution in [1.82, 2.24) is 42.2 Å². The van der Waals surface area contributed by atoms with Crippen molar-refractivity contribution in [2.24, 2.45) is 11.5 Å². The largest absolute Gasteiger partial charge is 0.490 e. The Labute approximate surface area is 455 Å². The molecule has 22 nitrogen and oxygen atoms in total. The first kappa shape index (κ1) is 63.8. The van der Waals surface area contributed by atoms with Gasteiger partial charge in [0.25, 0.3) is 0 Å². The molecule has 3 aromatic carbocycles. The Kier molecular flexibility index (Phi) is 25.8. The zero-order chi connectivity index (χ0) is 57.5. The summed E-state index contributed by atoms with van der Waals surface area (Å²) >= 11 is 0. The zero-order valence-corrected chi connectivity index (χ0v) is 44.3. The molecule has 7 amide bonds. The van der Waals surface area contributed by atoms with Crippen LogP contribution in [0, 0.1) is 0 Å². The quantitative estimate of drug-likeness (QED) is 0.0371. The number of aliphatic hydroxyl groups is 3. The number of nitrogens with two attached hydrogens (primary N) is 2. The van der Waals surface area contributed by atoms with E-state index >= 15 is 0 Å². The average Bonchev–Trinajstić information content (AvgIpc) is 3.82. The second kappa shape index (κ2) is 31.6. The number of amides is 7. The maximum atomic E-state index is 14.7. The van der Waals surface area contributed by atoms with Gasteiger partial charge in [0, 0.05) is 41.4 Å². The second-order valence-corrected chi connectivity index (χ2v) is 20.8. The Balaban J connectivity index is 0.00000175. The number of halogens is 3. The summed E-state index contributed by atoms with van der Waals surface area (Å²) in [5.41, 5.74) is 15.0. The number of rotatable bonds is 17. The molecule has 16 N–H and O–H groups in total. The minimum atomic E-state index is -5.08. The molecular formula is C51H67F3N10O12S2.